The van der Waals surface area contributed by atoms with Gasteiger partial charge in [0.25, 0.3) is 0 Å². The molecule has 2 amide bonds. The molecule has 2 aromatic carbocycles. The SMILES string of the molecule is O=C(CCc1ccccc1)N1CCN(C(=O)CCc2ccccc2F)CC1. The van der Waals surface area contributed by atoms with Crippen molar-refractivity contribution < 1.29 is 14.0 Å². The molecule has 4 nitrogen and oxygen atoms in total. The zero-order valence-corrected chi connectivity index (χ0v) is 15.4. The number of hydrogen-bond donors (Lipinski definition) is 0. The molecule has 1 aliphatic rings. The van der Waals surface area contributed by atoms with Crippen LogP contribution < -0.4 is 0 Å². The third-order valence-corrected chi connectivity index (χ3v) is 5.02. The van der Waals surface area contributed by atoms with Gasteiger partial charge in [-0.25, -0.2) is 4.39 Å². The number of rotatable bonds is 6. The topological polar surface area (TPSA) is 40.6 Å². The zero-order valence-electron chi connectivity index (χ0n) is 15.4. The highest BCUT2D eigenvalue weighted by atomic mass is 19.1. The largest absolute Gasteiger partial charge is 0.339 e. The maximum atomic E-state index is 13.6. The second-order valence-electron chi connectivity index (χ2n) is 6.84. The molecule has 27 heavy (non-hydrogen) atoms. The Morgan fingerprint density at radius 3 is 1.85 bits per heavy atom. The first-order valence-corrected chi connectivity index (χ1v) is 9.46. The predicted molar refractivity (Wildman–Crippen MR) is 103 cm³/mol. The molecule has 1 fully saturated rings. The number of hydrogen-bond acceptors (Lipinski definition) is 2. The lowest BCUT2D eigenvalue weighted by molar-refractivity contribution is -0.139. The van der Waals surface area contributed by atoms with Gasteiger partial charge in [-0.15, -0.1) is 0 Å². The van der Waals surface area contributed by atoms with Gasteiger partial charge in [0.15, 0.2) is 0 Å². The number of halogens is 1. The Kier molecular flexibility index (Phi) is 6.58. The predicted octanol–water partition coefficient (Wildman–Crippen LogP) is 3.06. The van der Waals surface area contributed by atoms with Crippen LogP contribution in [0.15, 0.2) is 54.6 Å². The van der Waals surface area contributed by atoms with Crippen LogP contribution in [0.25, 0.3) is 0 Å². The molecular weight excluding hydrogens is 343 g/mol. The van der Waals surface area contributed by atoms with E-state index in [1.807, 2.05) is 35.2 Å². The Bertz CT molecular complexity index is 771. The molecule has 1 aliphatic heterocycles. The van der Waals surface area contributed by atoms with Gasteiger partial charge >= 0.3 is 0 Å². The monoisotopic (exact) mass is 368 g/mol. The lowest BCUT2D eigenvalue weighted by Crippen LogP contribution is -2.50. The van der Waals surface area contributed by atoms with Crippen molar-refractivity contribution >= 4 is 11.8 Å². The standard InChI is InChI=1S/C22H25FN2O2/c23-20-9-5-4-8-19(20)11-13-22(27)25-16-14-24(15-17-25)21(26)12-10-18-6-2-1-3-7-18/h1-9H,10-17H2. The third kappa shape index (κ3) is 5.39. The van der Waals surface area contributed by atoms with Crippen LogP contribution in [0.4, 0.5) is 4.39 Å². The number of piperazine rings is 1. The van der Waals surface area contributed by atoms with Crippen molar-refractivity contribution in [3.8, 4) is 0 Å². The van der Waals surface area contributed by atoms with Crippen molar-refractivity contribution in [1.82, 2.24) is 9.80 Å². The summed E-state index contributed by atoms with van der Waals surface area (Å²) in [5.74, 6) is -0.105. The lowest BCUT2D eigenvalue weighted by atomic mass is 10.1. The maximum Gasteiger partial charge on any atom is 0.223 e. The van der Waals surface area contributed by atoms with E-state index in [0.717, 1.165) is 12.0 Å². The molecule has 0 unspecified atom stereocenters. The molecular formula is C22H25FN2O2. The fourth-order valence-electron chi connectivity index (χ4n) is 3.36. The van der Waals surface area contributed by atoms with Crippen molar-refractivity contribution in [3.63, 3.8) is 0 Å². The summed E-state index contributed by atoms with van der Waals surface area (Å²) in [7, 11) is 0. The Labute approximate surface area is 159 Å². The molecule has 0 radical (unpaired) electrons. The molecule has 5 heteroatoms. The summed E-state index contributed by atoms with van der Waals surface area (Å²) >= 11 is 0. The quantitative estimate of drug-likeness (QED) is 0.786. The normalized spacial score (nSPS) is 14.3. The molecule has 3 rings (SSSR count). The van der Waals surface area contributed by atoms with Gasteiger partial charge in [-0.1, -0.05) is 48.5 Å². The molecule has 0 bridgehead atoms. The van der Waals surface area contributed by atoms with Crippen LogP contribution in [0, 0.1) is 5.82 Å². The first-order chi connectivity index (χ1) is 13.1. The fraction of sp³-hybridized carbons (Fsp3) is 0.364. The van der Waals surface area contributed by atoms with Gasteiger partial charge < -0.3 is 9.80 Å². The van der Waals surface area contributed by atoms with E-state index in [9.17, 15) is 14.0 Å². The Morgan fingerprint density at radius 2 is 1.26 bits per heavy atom. The number of carbonyl (C=O) groups is 2. The Morgan fingerprint density at radius 1 is 0.741 bits per heavy atom. The van der Waals surface area contributed by atoms with Gasteiger partial charge in [-0.2, -0.15) is 0 Å². The summed E-state index contributed by atoms with van der Waals surface area (Å²) < 4.78 is 13.6. The van der Waals surface area contributed by atoms with E-state index in [-0.39, 0.29) is 17.6 Å². The van der Waals surface area contributed by atoms with E-state index in [1.165, 1.54) is 6.07 Å². The highest BCUT2D eigenvalue weighted by Crippen LogP contribution is 2.12. The minimum Gasteiger partial charge on any atom is -0.339 e. The molecule has 0 spiro atoms. The summed E-state index contributed by atoms with van der Waals surface area (Å²) in [4.78, 5) is 28.4. The highest BCUT2D eigenvalue weighted by Gasteiger charge is 2.23. The van der Waals surface area contributed by atoms with Gasteiger partial charge in [-0.3, -0.25) is 9.59 Å². The second-order valence-corrected chi connectivity index (χ2v) is 6.84. The van der Waals surface area contributed by atoms with Gasteiger partial charge in [0, 0.05) is 39.0 Å². The molecule has 1 heterocycles. The number of nitrogens with zero attached hydrogens (tertiary/aromatic N) is 2. The first kappa shape index (κ1) is 19.1. The van der Waals surface area contributed by atoms with Crippen LogP contribution in [-0.2, 0) is 22.4 Å². The van der Waals surface area contributed by atoms with Crippen molar-refractivity contribution in [2.45, 2.75) is 25.7 Å². The van der Waals surface area contributed by atoms with Crippen molar-refractivity contribution in [2.75, 3.05) is 26.2 Å². The van der Waals surface area contributed by atoms with E-state index in [1.54, 1.807) is 23.1 Å². The van der Waals surface area contributed by atoms with Crippen LogP contribution >= 0.6 is 0 Å². The van der Waals surface area contributed by atoms with Crippen molar-refractivity contribution in [3.05, 3.63) is 71.5 Å². The molecule has 0 aliphatic carbocycles. The van der Waals surface area contributed by atoms with Gasteiger partial charge in [0.05, 0.1) is 0 Å². The summed E-state index contributed by atoms with van der Waals surface area (Å²) in [5.41, 5.74) is 1.73. The summed E-state index contributed by atoms with van der Waals surface area (Å²) in [6.45, 7) is 2.23. The van der Waals surface area contributed by atoms with E-state index in [4.69, 9.17) is 0 Å². The molecule has 0 aromatic heterocycles. The molecule has 0 atom stereocenters. The van der Waals surface area contributed by atoms with Crippen LogP contribution in [-0.4, -0.2) is 47.8 Å². The average molecular weight is 368 g/mol. The van der Waals surface area contributed by atoms with Crippen LogP contribution in [0.2, 0.25) is 0 Å². The van der Waals surface area contributed by atoms with Gasteiger partial charge in [0.2, 0.25) is 11.8 Å². The Balaban J connectivity index is 1.40. The minimum absolute atomic E-state index is 0.0228. The van der Waals surface area contributed by atoms with E-state index >= 15 is 0 Å². The fourth-order valence-corrected chi connectivity index (χ4v) is 3.36. The van der Waals surface area contributed by atoms with Crippen LogP contribution in [0.1, 0.15) is 24.0 Å². The minimum atomic E-state index is -0.265. The summed E-state index contributed by atoms with van der Waals surface area (Å²) in [6, 6.07) is 16.5. The zero-order chi connectivity index (χ0) is 19.1. The first-order valence-electron chi connectivity index (χ1n) is 9.46. The summed E-state index contributed by atoms with van der Waals surface area (Å²) in [5, 5.41) is 0. The highest BCUT2D eigenvalue weighted by molar-refractivity contribution is 5.78. The number of benzene rings is 2. The second kappa shape index (κ2) is 9.31. The third-order valence-electron chi connectivity index (χ3n) is 5.02. The van der Waals surface area contributed by atoms with E-state index in [0.29, 0.717) is 51.0 Å². The maximum absolute atomic E-state index is 13.6. The molecule has 0 N–H and O–H groups in total. The molecule has 142 valence electrons. The van der Waals surface area contributed by atoms with Crippen molar-refractivity contribution in [1.29, 1.82) is 0 Å². The molecule has 0 saturated carbocycles. The van der Waals surface area contributed by atoms with Crippen LogP contribution in [0.5, 0.6) is 0 Å². The average Bonchev–Trinajstić information content (AvgIpc) is 2.72. The van der Waals surface area contributed by atoms with Gasteiger partial charge in [0.1, 0.15) is 5.82 Å². The number of carbonyl (C=O) groups excluding carboxylic acids is 2. The molecule has 1 saturated heterocycles. The lowest BCUT2D eigenvalue weighted by Gasteiger charge is -2.35. The number of amides is 2. The number of aryl methyl sites for hydroxylation is 2. The Hall–Kier alpha value is -2.69. The molecule has 2 aromatic rings. The van der Waals surface area contributed by atoms with E-state index < -0.39 is 0 Å². The smallest absolute Gasteiger partial charge is 0.223 e. The van der Waals surface area contributed by atoms with Crippen molar-refractivity contribution in [2.24, 2.45) is 0 Å². The van der Waals surface area contributed by atoms with E-state index in [2.05, 4.69) is 0 Å². The van der Waals surface area contributed by atoms with Gasteiger partial charge in [-0.05, 0) is 30.0 Å². The summed E-state index contributed by atoms with van der Waals surface area (Å²) in [6.07, 6.45) is 1.93. The van der Waals surface area contributed by atoms with Crippen LogP contribution in [0.3, 0.4) is 0 Å².